The first-order valence-electron chi connectivity index (χ1n) is 5.79. The van der Waals surface area contributed by atoms with E-state index in [4.69, 9.17) is 0 Å². The molecule has 0 amide bonds. The number of hydrogen-bond acceptors (Lipinski definition) is 2. The first-order valence-corrected chi connectivity index (χ1v) is 5.79. The predicted molar refractivity (Wildman–Crippen MR) is 61.7 cm³/mol. The van der Waals surface area contributed by atoms with Gasteiger partial charge in [0.25, 0.3) is 0 Å². The Morgan fingerprint density at radius 1 is 1.06 bits per heavy atom. The van der Waals surface area contributed by atoms with Crippen LogP contribution in [-0.4, -0.2) is 34.5 Å². The van der Waals surface area contributed by atoms with Crippen LogP contribution in [0.3, 0.4) is 0 Å². The zero-order valence-corrected chi connectivity index (χ0v) is 12.3. The molecular weight excluding hydrogens is 300 g/mol. The first-order chi connectivity index (χ1) is 8.19. The van der Waals surface area contributed by atoms with Crippen molar-refractivity contribution in [3.05, 3.63) is 41.0 Å². The summed E-state index contributed by atoms with van der Waals surface area (Å²) in [6, 6.07) is 5.67. The minimum atomic E-state index is 0. The van der Waals surface area contributed by atoms with Crippen molar-refractivity contribution in [1.82, 2.24) is 5.01 Å². The van der Waals surface area contributed by atoms with Gasteiger partial charge in [-0.15, -0.1) is 0 Å². The van der Waals surface area contributed by atoms with Crippen molar-refractivity contribution in [3.63, 3.8) is 0 Å². The highest BCUT2D eigenvalue weighted by atomic mass is 79.9. The van der Waals surface area contributed by atoms with Crippen molar-refractivity contribution in [2.45, 2.75) is 20.4 Å². The van der Waals surface area contributed by atoms with Gasteiger partial charge in [-0.1, -0.05) is 6.07 Å². The highest BCUT2D eigenvalue weighted by molar-refractivity contribution is 4.83. The van der Waals surface area contributed by atoms with Crippen molar-refractivity contribution in [2.24, 2.45) is 0 Å². The van der Waals surface area contributed by atoms with Crippen LogP contribution in [0.25, 0.3) is 0 Å². The second-order valence-corrected chi connectivity index (χ2v) is 3.58. The molecule has 0 spiro atoms. The third kappa shape index (κ3) is 4.87. The van der Waals surface area contributed by atoms with Crippen LogP contribution in [-0.2, 0) is 6.54 Å². The summed E-state index contributed by atoms with van der Waals surface area (Å²) >= 11 is 0. The zero-order chi connectivity index (χ0) is 12.7. The van der Waals surface area contributed by atoms with E-state index in [2.05, 4.69) is 0 Å². The minimum absolute atomic E-state index is 0. The molecule has 7 heteroatoms. The van der Waals surface area contributed by atoms with Crippen LogP contribution in [0.5, 0.6) is 0 Å². The van der Waals surface area contributed by atoms with Gasteiger partial charge in [0.15, 0.2) is 23.9 Å². The van der Waals surface area contributed by atoms with Gasteiger partial charge < -0.3 is 27.4 Å². The second-order valence-electron chi connectivity index (χ2n) is 3.58. The molecule has 1 heterocycles. The van der Waals surface area contributed by atoms with Gasteiger partial charge in [0.1, 0.15) is 13.1 Å². The standard InChI is InChI=1S/C11H19N4O2.BrH/c1-3-13(4-2)15(17)14(16)11-10-12-8-6-5-7-9-12;/h5-9H,3-4,10-11H2,1-2H3;1H/q+1;/p-1/b15-14+;. The van der Waals surface area contributed by atoms with Gasteiger partial charge in [0, 0.05) is 12.1 Å². The molecular formula is C11H19BrN4O2. The quantitative estimate of drug-likeness (QED) is 0.337. The molecule has 0 unspecified atom stereocenters. The molecule has 1 aromatic rings. The lowest BCUT2D eigenvalue weighted by atomic mass is 10.5. The molecule has 6 nitrogen and oxygen atoms in total. The zero-order valence-electron chi connectivity index (χ0n) is 10.7. The topological polar surface area (TPSA) is 59.3 Å². The molecule has 0 saturated carbocycles. The molecule has 102 valence electrons. The summed E-state index contributed by atoms with van der Waals surface area (Å²) in [5, 5.41) is 24.6. The number of hydroxylamine groups is 1. The molecule has 1 rings (SSSR count). The Hall–Kier alpha value is -1.37. The Kier molecular flexibility index (Phi) is 8.02. The van der Waals surface area contributed by atoms with E-state index in [-0.39, 0.29) is 23.5 Å². The number of halogens is 1. The number of rotatable bonds is 6. The summed E-state index contributed by atoms with van der Waals surface area (Å²) in [5.74, 6) is 0. The Labute approximate surface area is 118 Å². The Morgan fingerprint density at radius 3 is 2.11 bits per heavy atom. The third-order valence-electron chi connectivity index (χ3n) is 2.49. The Balaban J connectivity index is 0.00000289. The summed E-state index contributed by atoms with van der Waals surface area (Å²) < 4.78 is 1.86. The van der Waals surface area contributed by atoms with Crippen molar-refractivity contribution in [2.75, 3.05) is 19.6 Å². The monoisotopic (exact) mass is 318 g/mol. The van der Waals surface area contributed by atoms with Crippen LogP contribution in [0.4, 0.5) is 0 Å². The summed E-state index contributed by atoms with van der Waals surface area (Å²) in [4.78, 5) is 0.830. The predicted octanol–water partition coefficient (Wildman–Crippen LogP) is -2.29. The molecule has 0 atom stereocenters. The number of hydrogen-bond donors (Lipinski definition) is 0. The normalized spacial score (nSPS) is 11.4. The molecule has 0 bridgehead atoms. The van der Waals surface area contributed by atoms with Gasteiger partial charge in [-0.2, -0.15) is 0 Å². The number of aromatic nitrogens is 1. The van der Waals surface area contributed by atoms with E-state index < -0.39 is 0 Å². The van der Waals surface area contributed by atoms with Crippen LogP contribution < -0.4 is 21.5 Å². The Bertz CT molecular complexity index is 369. The van der Waals surface area contributed by atoms with Crippen LogP contribution >= 0.6 is 0 Å². The molecule has 0 N–H and O–H groups in total. The molecule has 18 heavy (non-hydrogen) atoms. The third-order valence-corrected chi connectivity index (χ3v) is 2.49. The number of nitrogens with zero attached hydrogens (tertiary/aromatic N) is 4. The first kappa shape index (κ1) is 16.6. The lowest BCUT2D eigenvalue weighted by Gasteiger charge is -2.12. The highest BCUT2D eigenvalue weighted by Crippen LogP contribution is 1.89. The van der Waals surface area contributed by atoms with E-state index in [1.165, 1.54) is 5.01 Å². The highest BCUT2D eigenvalue weighted by Gasteiger charge is 2.16. The van der Waals surface area contributed by atoms with Crippen molar-refractivity contribution in [3.8, 4) is 0 Å². The van der Waals surface area contributed by atoms with Gasteiger partial charge in [0.05, 0.1) is 0 Å². The van der Waals surface area contributed by atoms with Crippen LogP contribution in [0, 0.1) is 10.4 Å². The maximum atomic E-state index is 11.6. The van der Waals surface area contributed by atoms with Gasteiger partial charge in [-0.25, -0.2) is 4.57 Å². The largest absolute Gasteiger partial charge is 1.00 e. The van der Waals surface area contributed by atoms with Crippen molar-refractivity contribution in [1.29, 1.82) is 0 Å². The summed E-state index contributed by atoms with van der Waals surface area (Å²) in [5.41, 5.74) is 0. The average molecular weight is 319 g/mol. The molecule has 0 aromatic carbocycles. The number of pyridine rings is 1. The minimum Gasteiger partial charge on any atom is -1.00 e. The van der Waals surface area contributed by atoms with Crippen LogP contribution in [0.2, 0.25) is 0 Å². The van der Waals surface area contributed by atoms with Gasteiger partial charge >= 0.3 is 0 Å². The van der Waals surface area contributed by atoms with Crippen molar-refractivity contribution < 1.29 is 31.4 Å². The number of hydrazine groups is 1. The summed E-state index contributed by atoms with van der Waals surface area (Å²) in [6.45, 7) is 5.36. The van der Waals surface area contributed by atoms with Gasteiger partial charge in [-0.3, -0.25) is 0 Å². The summed E-state index contributed by atoms with van der Waals surface area (Å²) in [6.07, 6.45) is 3.72. The second kappa shape index (κ2) is 8.68. The fourth-order valence-electron chi connectivity index (χ4n) is 1.48. The van der Waals surface area contributed by atoms with Crippen LogP contribution in [0.15, 0.2) is 30.6 Å². The maximum Gasteiger partial charge on any atom is 0.210 e. The lowest BCUT2D eigenvalue weighted by Crippen LogP contribution is -3.00. The maximum absolute atomic E-state index is 11.6. The Morgan fingerprint density at radius 2 is 1.61 bits per heavy atom. The average Bonchev–Trinajstić information content (AvgIpc) is 2.38. The fourth-order valence-corrected chi connectivity index (χ4v) is 1.48. The SMILES string of the molecule is CCN(CC)/[N+]([O-])=[N+](\[O-])CC[n+]1ccccc1.[Br-]. The lowest BCUT2D eigenvalue weighted by molar-refractivity contribution is -1.04. The molecule has 0 aliphatic carbocycles. The van der Waals surface area contributed by atoms with E-state index in [1.54, 1.807) is 0 Å². The van der Waals surface area contributed by atoms with Gasteiger partial charge in [0.2, 0.25) is 6.54 Å². The van der Waals surface area contributed by atoms with Gasteiger partial charge in [-0.05, 0) is 23.7 Å². The van der Waals surface area contributed by atoms with Crippen LogP contribution in [0.1, 0.15) is 13.8 Å². The molecule has 1 aromatic heterocycles. The molecule has 0 aliphatic rings. The van der Waals surface area contributed by atoms with E-state index >= 15 is 0 Å². The molecule has 0 aliphatic heterocycles. The summed E-state index contributed by atoms with van der Waals surface area (Å²) in [7, 11) is 0. The molecule has 0 saturated heterocycles. The van der Waals surface area contributed by atoms with E-state index in [1.807, 2.05) is 49.0 Å². The van der Waals surface area contributed by atoms with Crippen molar-refractivity contribution >= 4 is 0 Å². The molecule has 0 fully saturated rings. The van der Waals surface area contributed by atoms with E-state index in [9.17, 15) is 10.4 Å². The molecule has 0 radical (unpaired) electrons. The van der Waals surface area contributed by atoms with E-state index in [0.29, 0.717) is 29.5 Å². The smallest absolute Gasteiger partial charge is 0.210 e. The van der Waals surface area contributed by atoms with E-state index in [0.717, 1.165) is 0 Å². The fraction of sp³-hybridized carbons (Fsp3) is 0.545.